The largest absolute Gasteiger partial charge is 0.337 e. The van der Waals surface area contributed by atoms with E-state index in [1.54, 1.807) is 0 Å². The first-order valence-corrected chi connectivity index (χ1v) is 7.90. The van der Waals surface area contributed by atoms with Gasteiger partial charge in [0.1, 0.15) is 0 Å². The van der Waals surface area contributed by atoms with Crippen LogP contribution >= 0.6 is 11.6 Å². The molecule has 114 valence electrons. The minimum atomic E-state index is 0.140. The first-order valence-electron chi connectivity index (χ1n) is 7.53. The van der Waals surface area contributed by atoms with Gasteiger partial charge in [0.05, 0.1) is 6.54 Å². The number of nitrogens with one attached hydrogen (secondary N) is 1. The van der Waals surface area contributed by atoms with Gasteiger partial charge in [0.2, 0.25) is 5.91 Å². The van der Waals surface area contributed by atoms with Gasteiger partial charge >= 0.3 is 0 Å². The SMILES string of the molecule is O=C(CNCc1ccccc1Cl)N1CCc2ccccc2C1. The third-order valence-corrected chi connectivity index (χ3v) is 4.40. The smallest absolute Gasteiger partial charge is 0.236 e. The van der Waals surface area contributed by atoms with Crippen molar-refractivity contribution in [3.8, 4) is 0 Å². The van der Waals surface area contributed by atoms with E-state index in [1.807, 2.05) is 35.2 Å². The zero-order valence-electron chi connectivity index (χ0n) is 12.4. The summed E-state index contributed by atoms with van der Waals surface area (Å²) < 4.78 is 0. The molecule has 0 aromatic heterocycles. The van der Waals surface area contributed by atoms with E-state index in [1.165, 1.54) is 11.1 Å². The number of rotatable bonds is 4. The van der Waals surface area contributed by atoms with Crippen LogP contribution in [-0.2, 0) is 24.3 Å². The average molecular weight is 315 g/mol. The second-order valence-corrected chi connectivity index (χ2v) is 5.94. The van der Waals surface area contributed by atoms with Gasteiger partial charge in [-0.15, -0.1) is 0 Å². The summed E-state index contributed by atoms with van der Waals surface area (Å²) in [5.74, 6) is 0.140. The molecule has 2 aromatic carbocycles. The van der Waals surface area contributed by atoms with E-state index < -0.39 is 0 Å². The standard InChI is InChI=1S/C18H19ClN2O/c19-17-8-4-3-6-15(17)11-20-12-18(22)21-10-9-14-5-1-2-7-16(14)13-21/h1-8,20H,9-13H2. The van der Waals surface area contributed by atoms with Crippen LogP contribution in [0.1, 0.15) is 16.7 Å². The first-order chi connectivity index (χ1) is 10.7. The van der Waals surface area contributed by atoms with Crippen molar-refractivity contribution in [2.24, 2.45) is 0 Å². The van der Waals surface area contributed by atoms with Crippen LogP contribution in [0.15, 0.2) is 48.5 Å². The van der Waals surface area contributed by atoms with E-state index in [0.717, 1.165) is 23.6 Å². The molecule has 4 heteroatoms. The number of carbonyl (C=O) groups excluding carboxylic acids is 1. The number of carbonyl (C=O) groups is 1. The summed E-state index contributed by atoms with van der Waals surface area (Å²) in [6.07, 6.45) is 0.937. The number of amides is 1. The summed E-state index contributed by atoms with van der Waals surface area (Å²) in [6, 6.07) is 16.0. The molecule has 1 N–H and O–H groups in total. The van der Waals surface area contributed by atoms with Crippen molar-refractivity contribution in [2.45, 2.75) is 19.5 Å². The van der Waals surface area contributed by atoms with Crippen molar-refractivity contribution >= 4 is 17.5 Å². The summed E-state index contributed by atoms with van der Waals surface area (Å²) in [7, 11) is 0. The van der Waals surface area contributed by atoms with Crippen molar-refractivity contribution < 1.29 is 4.79 Å². The highest BCUT2D eigenvalue weighted by molar-refractivity contribution is 6.31. The molecule has 0 saturated heterocycles. The highest BCUT2D eigenvalue weighted by Gasteiger charge is 2.19. The summed E-state index contributed by atoms with van der Waals surface area (Å²) in [5.41, 5.74) is 3.63. The van der Waals surface area contributed by atoms with Gasteiger partial charge in [0.15, 0.2) is 0 Å². The van der Waals surface area contributed by atoms with Crippen molar-refractivity contribution in [1.82, 2.24) is 10.2 Å². The van der Waals surface area contributed by atoms with Crippen molar-refractivity contribution in [2.75, 3.05) is 13.1 Å². The topological polar surface area (TPSA) is 32.3 Å². The predicted octanol–water partition coefficient (Wildman–Crippen LogP) is 3.01. The fourth-order valence-electron chi connectivity index (χ4n) is 2.77. The lowest BCUT2D eigenvalue weighted by Gasteiger charge is -2.29. The van der Waals surface area contributed by atoms with Gasteiger partial charge in [-0.05, 0) is 29.2 Å². The molecule has 0 aliphatic carbocycles. The molecule has 0 unspecified atom stereocenters. The van der Waals surface area contributed by atoms with Crippen LogP contribution in [0.4, 0.5) is 0 Å². The zero-order chi connectivity index (χ0) is 15.4. The molecule has 0 atom stereocenters. The summed E-state index contributed by atoms with van der Waals surface area (Å²) in [5, 5.41) is 3.92. The molecule has 3 rings (SSSR count). The molecule has 2 aromatic rings. The Bertz CT molecular complexity index is 672. The molecule has 0 radical (unpaired) electrons. The molecule has 0 fully saturated rings. The van der Waals surface area contributed by atoms with Crippen LogP contribution in [0.2, 0.25) is 5.02 Å². The number of nitrogens with zero attached hydrogens (tertiary/aromatic N) is 1. The third-order valence-electron chi connectivity index (χ3n) is 4.03. The van der Waals surface area contributed by atoms with Gasteiger partial charge < -0.3 is 10.2 Å². The van der Waals surface area contributed by atoms with Crippen molar-refractivity contribution in [3.63, 3.8) is 0 Å². The van der Waals surface area contributed by atoms with Gasteiger partial charge in [-0.1, -0.05) is 54.1 Å². The van der Waals surface area contributed by atoms with Crippen LogP contribution in [0, 0.1) is 0 Å². The van der Waals surface area contributed by atoms with E-state index in [9.17, 15) is 4.79 Å². The lowest BCUT2D eigenvalue weighted by atomic mass is 10.00. The Hall–Kier alpha value is -1.84. The molecule has 22 heavy (non-hydrogen) atoms. The molecule has 0 bridgehead atoms. The Kier molecular flexibility index (Phi) is 4.76. The van der Waals surface area contributed by atoms with Gasteiger partial charge in [-0.25, -0.2) is 0 Å². The average Bonchev–Trinajstić information content (AvgIpc) is 2.56. The Labute approximate surface area is 135 Å². The van der Waals surface area contributed by atoms with E-state index in [0.29, 0.717) is 19.6 Å². The molecular weight excluding hydrogens is 296 g/mol. The molecular formula is C18H19ClN2O. The van der Waals surface area contributed by atoms with Crippen molar-refractivity contribution in [3.05, 3.63) is 70.2 Å². The quantitative estimate of drug-likeness (QED) is 0.941. The predicted molar refractivity (Wildman–Crippen MR) is 88.7 cm³/mol. The van der Waals surface area contributed by atoms with Crippen LogP contribution < -0.4 is 5.32 Å². The van der Waals surface area contributed by atoms with E-state index >= 15 is 0 Å². The highest BCUT2D eigenvalue weighted by Crippen LogP contribution is 2.18. The van der Waals surface area contributed by atoms with Crippen LogP contribution in [-0.4, -0.2) is 23.9 Å². The number of halogens is 1. The number of benzene rings is 2. The lowest BCUT2D eigenvalue weighted by Crippen LogP contribution is -2.41. The molecule has 0 spiro atoms. The fourth-order valence-corrected chi connectivity index (χ4v) is 2.97. The second-order valence-electron chi connectivity index (χ2n) is 5.53. The molecule has 1 aliphatic heterocycles. The van der Waals surface area contributed by atoms with Crippen LogP contribution in [0.25, 0.3) is 0 Å². The summed E-state index contributed by atoms with van der Waals surface area (Å²) >= 11 is 6.11. The fraction of sp³-hybridized carbons (Fsp3) is 0.278. The summed E-state index contributed by atoms with van der Waals surface area (Å²) in [4.78, 5) is 14.2. The molecule has 1 heterocycles. The monoisotopic (exact) mass is 314 g/mol. The minimum absolute atomic E-state index is 0.140. The van der Waals surface area contributed by atoms with Crippen molar-refractivity contribution in [1.29, 1.82) is 0 Å². The maximum absolute atomic E-state index is 12.3. The maximum Gasteiger partial charge on any atom is 0.236 e. The third kappa shape index (κ3) is 3.49. The number of fused-ring (bicyclic) bond motifs is 1. The normalized spacial score (nSPS) is 13.8. The molecule has 3 nitrogen and oxygen atoms in total. The molecule has 0 saturated carbocycles. The first kappa shape index (κ1) is 15.1. The van der Waals surface area contributed by atoms with Gasteiger partial charge in [-0.2, -0.15) is 0 Å². The van der Waals surface area contributed by atoms with E-state index in [-0.39, 0.29) is 5.91 Å². The van der Waals surface area contributed by atoms with Crippen LogP contribution in [0.3, 0.4) is 0 Å². The molecule has 1 amide bonds. The number of hydrogen-bond acceptors (Lipinski definition) is 2. The van der Waals surface area contributed by atoms with Gasteiger partial charge in [-0.3, -0.25) is 4.79 Å². The Morgan fingerprint density at radius 3 is 2.64 bits per heavy atom. The second kappa shape index (κ2) is 6.95. The Morgan fingerprint density at radius 1 is 1.09 bits per heavy atom. The highest BCUT2D eigenvalue weighted by atomic mass is 35.5. The van der Waals surface area contributed by atoms with Crippen LogP contribution in [0.5, 0.6) is 0 Å². The summed E-state index contributed by atoms with van der Waals surface area (Å²) in [6.45, 7) is 2.45. The van der Waals surface area contributed by atoms with E-state index in [4.69, 9.17) is 11.6 Å². The number of hydrogen-bond donors (Lipinski definition) is 1. The van der Waals surface area contributed by atoms with E-state index in [2.05, 4.69) is 23.5 Å². The minimum Gasteiger partial charge on any atom is -0.337 e. The Morgan fingerprint density at radius 2 is 1.82 bits per heavy atom. The lowest BCUT2D eigenvalue weighted by molar-refractivity contribution is -0.131. The molecule has 1 aliphatic rings. The maximum atomic E-state index is 12.3. The van der Waals surface area contributed by atoms with Gasteiger partial charge in [0, 0.05) is 24.7 Å². The Balaban J connectivity index is 1.52. The zero-order valence-corrected chi connectivity index (χ0v) is 13.1. The van der Waals surface area contributed by atoms with Gasteiger partial charge in [0.25, 0.3) is 0 Å².